The van der Waals surface area contributed by atoms with Crippen molar-refractivity contribution in [3.05, 3.63) is 50.9 Å². The van der Waals surface area contributed by atoms with Crippen molar-refractivity contribution in [3.63, 3.8) is 0 Å². The van der Waals surface area contributed by atoms with Gasteiger partial charge in [0.25, 0.3) is 5.56 Å². The maximum atomic E-state index is 12.4. The van der Waals surface area contributed by atoms with Gasteiger partial charge in [-0.3, -0.25) is 9.59 Å². The summed E-state index contributed by atoms with van der Waals surface area (Å²) in [6.07, 6.45) is 1.64. The van der Waals surface area contributed by atoms with Crippen LogP contribution in [0.25, 0.3) is 0 Å². The Hall–Kier alpha value is -1.79. The third-order valence-electron chi connectivity index (χ3n) is 3.46. The SMILES string of the molecule is CCCc1cc(=O)[nH]c(S[C@@H](C)C(=O)Nc2cccc(Cl)c2C)n1. The summed E-state index contributed by atoms with van der Waals surface area (Å²) in [4.78, 5) is 31.1. The van der Waals surface area contributed by atoms with Crippen LogP contribution in [-0.4, -0.2) is 21.1 Å². The minimum atomic E-state index is -0.414. The number of nitrogens with one attached hydrogen (secondary N) is 2. The molecule has 128 valence electrons. The third kappa shape index (κ3) is 4.85. The molecule has 2 aromatic rings. The predicted molar refractivity (Wildman–Crippen MR) is 99.0 cm³/mol. The number of amides is 1. The smallest absolute Gasteiger partial charge is 0.251 e. The zero-order chi connectivity index (χ0) is 17.7. The molecule has 24 heavy (non-hydrogen) atoms. The van der Waals surface area contributed by atoms with Crippen LogP contribution in [0.3, 0.4) is 0 Å². The van der Waals surface area contributed by atoms with E-state index in [-0.39, 0.29) is 11.5 Å². The van der Waals surface area contributed by atoms with Gasteiger partial charge in [0.15, 0.2) is 5.16 Å². The molecule has 0 unspecified atom stereocenters. The highest BCUT2D eigenvalue weighted by molar-refractivity contribution is 8.00. The summed E-state index contributed by atoms with van der Waals surface area (Å²) >= 11 is 7.29. The number of aromatic nitrogens is 2. The molecule has 1 aromatic heterocycles. The van der Waals surface area contributed by atoms with E-state index in [1.807, 2.05) is 13.8 Å². The molecule has 2 rings (SSSR count). The molecule has 2 N–H and O–H groups in total. The number of H-pyrrole nitrogens is 1. The Labute approximate surface area is 150 Å². The second-order valence-electron chi connectivity index (χ2n) is 5.45. The maximum absolute atomic E-state index is 12.4. The van der Waals surface area contributed by atoms with Gasteiger partial charge < -0.3 is 10.3 Å². The number of halogens is 1. The van der Waals surface area contributed by atoms with Gasteiger partial charge >= 0.3 is 0 Å². The highest BCUT2D eigenvalue weighted by Gasteiger charge is 2.17. The van der Waals surface area contributed by atoms with Gasteiger partial charge in [-0.2, -0.15) is 0 Å². The van der Waals surface area contributed by atoms with Gasteiger partial charge in [-0.05, 0) is 38.0 Å². The zero-order valence-corrected chi connectivity index (χ0v) is 15.4. The van der Waals surface area contributed by atoms with Crippen LogP contribution in [0.5, 0.6) is 0 Å². The molecule has 1 amide bonds. The lowest BCUT2D eigenvalue weighted by atomic mass is 10.2. The van der Waals surface area contributed by atoms with Crippen LogP contribution >= 0.6 is 23.4 Å². The van der Waals surface area contributed by atoms with Crippen LogP contribution in [-0.2, 0) is 11.2 Å². The highest BCUT2D eigenvalue weighted by atomic mass is 35.5. The van der Waals surface area contributed by atoms with Gasteiger partial charge in [-0.1, -0.05) is 42.8 Å². The molecule has 0 saturated heterocycles. The number of aromatic amines is 1. The Morgan fingerprint density at radius 2 is 2.21 bits per heavy atom. The largest absolute Gasteiger partial charge is 0.325 e. The quantitative estimate of drug-likeness (QED) is 0.603. The van der Waals surface area contributed by atoms with Crippen molar-refractivity contribution in [1.29, 1.82) is 0 Å². The first kappa shape index (κ1) is 18.5. The van der Waals surface area contributed by atoms with Crippen LogP contribution in [0.15, 0.2) is 34.2 Å². The normalized spacial score (nSPS) is 12.0. The fourth-order valence-corrected chi connectivity index (χ4v) is 3.13. The first-order valence-electron chi connectivity index (χ1n) is 7.73. The van der Waals surface area contributed by atoms with Crippen molar-refractivity contribution in [1.82, 2.24) is 9.97 Å². The fourth-order valence-electron chi connectivity index (χ4n) is 2.12. The molecular weight excluding hydrogens is 346 g/mol. The van der Waals surface area contributed by atoms with Crippen molar-refractivity contribution in [2.45, 2.75) is 44.0 Å². The summed E-state index contributed by atoms with van der Waals surface area (Å²) in [6, 6.07) is 6.86. The van der Waals surface area contributed by atoms with E-state index in [1.54, 1.807) is 25.1 Å². The number of nitrogens with zero attached hydrogens (tertiary/aromatic N) is 1. The fraction of sp³-hybridized carbons (Fsp3) is 0.353. The van der Waals surface area contributed by atoms with Gasteiger partial charge in [0.1, 0.15) is 0 Å². The zero-order valence-electron chi connectivity index (χ0n) is 13.9. The van der Waals surface area contributed by atoms with E-state index >= 15 is 0 Å². The topological polar surface area (TPSA) is 74.8 Å². The lowest BCUT2D eigenvalue weighted by Crippen LogP contribution is -2.23. The Morgan fingerprint density at radius 3 is 2.92 bits per heavy atom. The highest BCUT2D eigenvalue weighted by Crippen LogP contribution is 2.25. The van der Waals surface area contributed by atoms with E-state index in [0.29, 0.717) is 15.9 Å². The minimum Gasteiger partial charge on any atom is -0.325 e. The van der Waals surface area contributed by atoms with Gasteiger partial charge in [-0.15, -0.1) is 0 Å². The lowest BCUT2D eigenvalue weighted by Gasteiger charge is -2.14. The Morgan fingerprint density at radius 1 is 1.46 bits per heavy atom. The molecular formula is C17H20ClN3O2S. The average Bonchev–Trinajstić information content (AvgIpc) is 2.51. The van der Waals surface area contributed by atoms with Crippen LogP contribution in [0.2, 0.25) is 5.02 Å². The van der Waals surface area contributed by atoms with Crippen LogP contribution in [0.4, 0.5) is 5.69 Å². The molecule has 0 spiro atoms. The molecule has 0 aliphatic rings. The molecule has 0 aliphatic carbocycles. The molecule has 7 heteroatoms. The number of benzene rings is 1. The molecule has 1 atom stereocenters. The maximum Gasteiger partial charge on any atom is 0.251 e. The summed E-state index contributed by atoms with van der Waals surface area (Å²) in [5.41, 5.74) is 2.04. The number of carbonyl (C=O) groups excluding carboxylic acids is 1. The molecule has 1 aromatic carbocycles. The Kier molecular flexibility index (Phi) is 6.45. The van der Waals surface area contributed by atoms with Crippen molar-refractivity contribution in [3.8, 4) is 0 Å². The second-order valence-corrected chi connectivity index (χ2v) is 7.19. The lowest BCUT2D eigenvalue weighted by molar-refractivity contribution is -0.115. The van der Waals surface area contributed by atoms with Crippen molar-refractivity contribution >= 4 is 35.0 Å². The van der Waals surface area contributed by atoms with Crippen LogP contribution in [0.1, 0.15) is 31.5 Å². The van der Waals surface area contributed by atoms with Crippen molar-refractivity contribution < 1.29 is 4.79 Å². The third-order valence-corrected chi connectivity index (χ3v) is 4.86. The summed E-state index contributed by atoms with van der Waals surface area (Å²) in [7, 11) is 0. The van der Waals surface area contributed by atoms with Crippen molar-refractivity contribution in [2.24, 2.45) is 0 Å². The van der Waals surface area contributed by atoms with E-state index in [9.17, 15) is 9.59 Å². The second kappa shape index (κ2) is 8.35. The van der Waals surface area contributed by atoms with E-state index in [1.165, 1.54) is 17.8 Å². The van der Waals surface area contributed by atoms with Gasteiger partial charge in [0, 0.05) is 22.5 Å². The predicted octanol–water partition coefficient (Wildman–Crippen LogP) is 3.80. The minimum absolute atomic E-state index is 0.172. The summed E-state index contributed by atoms with van der Waals surface area (Å²) in [5, 5.41) is 3.51. The molecule has 0 bridgehead atoms. The summed E-state index contributed by atoms with van der Waals surface area (Å²) in [5.74, 6) is -0.172. The monoisotopic (exact) mass is 365 g/mol. The number of thioether (sulfide) groups is 1. The first-order valence-corrected chi connectivity index (χ1v) is 8.99. The van der Waals surface area contributed by atoms with E-state index in [2.05, 4.69) is 15.3 Å². The Balaban J connectivity index is 2.09. The van der Waals surface area contributed by atoms with E-state index < -0.39 is 5.25 Å². The van der Waals surface area contributed by atoms with Gasteiger partial charge in [0.05, 0.1) is 5.25 Å². The number of rotatable bonds is 6. The number of hydrogen-bond acceptors (Lipinski definition) is 4. The molecule has 0 saturated carbocycles. The summed E-state index contributed by atoms with van der Waals surface area (Å²) < 4.78 is 0. The first-order chi connectivity index (χ1) is 11.4. The molecule has 5 nitrogen and oxygen atoms in total. The molecule has 0 fully saturated rings. The number of aryl methyl sites for hydroxylation is 1. The number of anilines is 1. The number of hydrogen-bond donors (Lipinski definition) is 2. The average molecular weight is 366 g/mol. The standard InChI is InChI=1S/C17H20ClN3O2S/c1-4-6-12-9-15(22)21-17(19-12)24-11(3)16(23)20-14-8-5-7-13(18)10(14)2/h5,7-9,11H,4,6H2,1-3H3,(H,20,23)(H,19,21,22)/t11-/m0/s1. The Bertz CT molecular complexity index is 792. The molecule has 0 radical (unpaired) electrons. The van der Waals surface area contributed by atoms with Crippen molar-refractivity contribution in [2.75, 3.05) is 5.32 Å². The molecule has 1 heterocycles. The van der Waals surface area contributed by atoms with Gasteiger partial charge in [0.2, 0.25) is 5.91 Å². The van der Waals surface area contributed by atoms with Crippen LogP contribution in [0, 0.1) is 6.92 Å². The van der Waals surface area contributed by atoms with E-state index in [4.69, 9.17) is 11.6 Å². The summed E-state index contributed by atoms with van der Waals surface area (Å²) in [6.45, 7) is 5.65. The van der Waals surface area contributed by atoms with Crippen LogP contribution < -0.4 is 10.9 Å². The molecule has 0 aliphatic heterocycles. The van der Waals surface area contributed by atoms with Gasteiger partial charge in [-0.25, -0.2) is 4.98 Å². The van der Waals surface area contributed by atoms with E-state index in [0.717, 1.165) is 24.1 Å². The number of carbonyl (C=O) groups is 1.